The van der Waals surface area contributed by atoms with Gasteiger partial charge in [-0.15, -0.1) is 5.10 Å². The number of nitrogens with zero attached hydrogens (tertiary/aromatic N) is 5. The number of urea groups is 1. The Labute approximate surface area is 215 Å². The lowest BCUT2D eigenvalue weighted by molar-refractivity contribution is 0.0952. The smallest absolute Gasteiger partial charge is 0.319 e. The van der Waals surface area contributed by atoms with E-state index in [0.29, 0.717) is 41.6 Å². The second kappa shape index (κ2) is 12.4. The minimum Gasteiger partial charge on any atom is -0.352 e. The third kappa shape index (κ3) is 8.07. The number of anilines is 1. The largest absolute Gasteiger partial charge is 0.352 e. The fourth-order valence-electron chi connectivity index (χ4n) is 3.96. The molecule has 1 heterocycles. The average Bonchev–Trinajstić information content (AvgIpc) is 3.61. The summed E-state index contributed by atoms with van der Waals surface area (Å²) in [6.45, 7) is 2.75. The predicted molar refractivity (Wildman–Crippen MR) is 138 cm³/mol. The molecule has 1 aliphatic carbocycles. The number of halogens is 1. The van der Waals surface area contributed by atoms with E-state index in [2.05, 4.69) is 36.4 Å². The normalized spacial score (nSPS) is 13.0. The molecule has 196 valence electrons. The van der Waals surface area contributed by atoms with Crippen LogP contribution in [0.1, 0.15) is 41.6 Å². The molecular formula is C26H33FN8O2. The van der Waals surface area contributed by atoms with Gasteiger partial charge in [0.05, 0.1) is 0 Å². The summed E-state index contributed by atoms with van der Waals surface area (Å²) in [5, 5.41) is 20.2. The van der Waals surface area contributed by atoms with Gasteiger partial charge in [-0.3, -0.25) is 4.79 Å². The molecule has 0 atom stereocenters. The highest BCUT2D eigenvalue weighted by Crippen LogP contribution is 2.28. The Morgan fingerprint density at radius 3 is 2.59 bits per heavy atom. The number of aryl methyl sites for hydroxylation is 1. The van der Waals surface area contributed by atoms with Crippen molar-refractivity contribution < 1.29 is 14.0 Å². The zero-order chi connectivity index (χ0) is 26.2. The van der Waals surface area contributed by atoms with E-state index in [9.17, 15) is 14.0 Å². The average molecular weight is 509 g/mol. The molecule has 4 rings (SSSR count). The van der Waals surface area contributed by atoms with Crippen LogP contribution in [0.25, 0.3) is 11.4 Å². The van der Waals surface area contributed by atoms with Gasteiger partial charge in [-0.1, -0.05) is 12.1 Å². The molecule has 0 unspecified atom stereocenters. The van der Waals surface area contributed by atoms with E-state index < -0.39 is 0 Å². The van der Waals surface area contributed by atoms with Crippen molar-refractivity contribution in [2.45, 2.75) is 32.2 Å². The van der Waals surface area contributed by atoms with Gasteiger partial charge in [-0.2, -0.15) is 0 Å². The number of tetrazole rings is 1. The van der Waals surface area contributed by atoms with Crippen LogP contribution in [-0.2, 0) is 13.6 Å². The fraction of sp³-hybridized carbons (Fsp3) is 0.423. The summed E-state index contributed by atoms with van der Waals surface area (Å²) < 4.78 is 14.6. The van der Waals surface area contributed by atoms with Crippen molar-refractivity contribution in [2.75, 3.05) is 32.0 Å². The van der Waals surface area contributed by atoms with Gasteiger partial charge in [-0.05, 0) is 91.5 Å². The summed E-state index contributed by atoms with van der Waals surface area (Å²) >= 11 is 0. The molecule has 0 spiro atoms. The molecule has 3 amide bonds. The number of benzene rings is 2. The Balaban J connectivity index is 1.27. The Bertz CT molecular complexity index is 1210. The van der Waals surface area contributed by atoms with Crippen LogP contribution in [0.4, 0.5) is 14.9 Å². The van der Waals surface area contributed by atoms with Gasteiger partial charge in [0.15, 0.2) is 5.82 Å². The summed E-state index contributed by atoms with van der Waals surface area (Å²) in [4.78, 5) is 27.4. The first kappa shape index (κ1) is 26.2. The minimum absolute atomic E-state index is 0.197. The maximum absolute atomic E-state index is 13.0. The number of aromatic nitrogens is 4. The maximum atomic E-state index is 13.0. The van der Waals surface area contributed by atoms with Gasteiger partial charge >= 0.3 is 6.03 Å². The van der Waals surface area contributed by atoms with E-state index in [1.165, 1.54) is 16.8 Å². The van der Waals surface area contributed by atoms with Crippen LogP contribution in [0.2, 0.25) is 0 Å². The van der Waals surface area contributed by atoms with E-state index in [1.807, 2.05) is 7.05 Å². The van der Waals surface area contributed by atoms with Crippen molar-refractivity contribution in [1.82, 2.24) is 35.7 Å². The van der Waals surface area contributed by atoms with E-state index >= 15 is 0 Å². The zero-order valence-electron chi connectivity index (χ0n) is 21.2. The zero-order valence-corrected chi connectivity index (χ0v) is 21.2. The van der Waals surface area contributed by atoms with Gasteiger partial charge in [-0.25, -0.2) is 13.9 Å². The Morgan fingerprint density at radius 2 is 1.89 bits per heavy atom. The molecule has 3 aromatic rings. The van der Waals surface area contributed by atoms with Crippen LogP contribution in [0.5, 0.6) is 0 Å². The Hall–Kier alpha value is -3.86. The van der Waals surface area contributed by atoms with Crippen LogP contribution >= 0.6 is 0 Å². The summed E-state index contributed by atoms with van der Waals surface area (Å²) in [6.07, 6.45) is 3.99. The van der Waals surface area contributed by atoms with Crippen molar-refractivity contribution >= 4 is 17.6 Å². The monoisotopic (exact) mass is 508 g/mol. The molecule has 10 nitrogen and oxygen atoms in total. The molecule has 1 aliphatic rings. The molecule has 11 heteroatoms. The van der Waals surface area contributed by atoms with Crippen LogP contribution in [0.3, 0.4) is 0 Å². The second-order valence-corrected chi connectivity index (χ2v) is 9.53. The first-order chi connectivity index (χ1) is 17.9. The Morgan fingerprint density at radius 1 is 1.11 bits per heavy atom. The molecule has 1 fully saturated rings. The summed E-state index contributed by atoms with van der Waals surface area (Å²) in [5.41, 5.74) is 2.60. The first-order valence-corrected chi connectivity index (χ1v) is 12.5. The number of rotatable bonds is 12. The number of hydrogen-bond acceptors (Lipinski definition) is 6. The first-order valence-electron chi connectivity index (χ1n) is 12.5. The van der Waals surface area contributed by atoms with E-state index in [0.717, 1.165) is 44.3 Å². The lowest BCUT2D eigenvalue weighted by Crippen LogP contribution is -2.30. The lowest BCUT2D eigenvalue weighted by Gasteiger charge is -2.16. The number of unbranched alkanes of at least 4 members (excludes halogenated alkanes) is 1. The number of hydrogen-bond donors (Lipinski definition) is 3. The molecule has 3 N–H and O–H groups in total. The minimum atomic E-state index is -0.350. The molecule has 0 bridgehead atoms. The molecule has 37 heavy (non-hydrogen) atoms. The van der Waals surface area contributed by atoms with Gasteiger partial charge in [0.2, 0.25) is 0 Å². The highest BCUT2D eigenvalue weighted by atomic mass is 19.1. The van der Waals surface area contributed by atoms with E-state index in [1.54, 1.807) is 37.4 Å². The summed E-state index contributed by atoms with van der Waals surface area (Å²) in [5.74, 6) is 0.615. The van der Waals surface area contributed by atoms with Gasteiger partial charge in [0, 0.05) is 43.5 Å². The van der Waals surface area contributed by atoms with Crippen molar-refractivity contribution in [3.05, 3.63) is 59.4 Å². The SMILES string of the molecule is CN(CCCCNC(=O)Nc1cc(C(=O)NCC2CC2)cc(-c2nnnn2C)c1)Cc1ccc(F)cc1. The number of carbonyl (C=O) groups excluding carboxylic acids is 2. The highest BCUT2D eigenvalue weighted by molar-refractivity contribution is 5.98. The molecule has 0 saturated heterocycles. The molecule has 0 aliphatic heterocycles. The van der Waals surface area contributed by atoms with Crippen LogP contribution in [0.15, 0.2) is 42.5 Å². The maximum Gasteiger partial charge on any atom is 0.319 e. The lowest BCUT2D eigenvalue weighted by atomic mass is 10.1. The van der Waals surface area contributed by atoms with Crippen LogP contribution in [0, 0.1) is 11.7 Å². The van der Waals surface area contributed by atoms with Crippen LogP contribution < -0.4 is 16.0 Å². The van der Waals surface area contributed by atoms with Gasteiger partial charge < -0.3 is 20.9 Å². The number of carbonyl (C=O) groups is 2. The molecular weight excluding hydrogens is 475 g/mol. The predicted octanol–water partition coefficient (Wildman–Crippen LogP) is 3.19. The van der Waals surface area contributed by atoms with Crippen molar-refractivity contribution in [3.8, 4) is 11.4 Å². The third-order valence-corrected chi connectivity index (χ3v) is 6.20. The van der Waals surface area contributed by atoms with Gasteiger partial charge in [0.25, 0.3) is 5.91 Å². The van der Waals surface area contributed by atoms with Gasteiger partial charge in [0.1, 0.15) is 5.82 Å². The molecule has 0 radical (unpaired) electrons. The van der Waals surface area contributed by atoms with Crippen molar-refractivity contribution in [2.24, 2.45) is 13.0 Å². The van der Waals surface area contributed by atoms with E-state index in [4.69, 9.17) is 0 Å². The topological polar surface area (TPSA) is 117 Å². The third-order valence-electron chi connectivity index (χ3n) is 6.20. The highest BCUT2D eigenvalue weighted by Gasteiger charge is 2.22. The quantitative estimate of drug-likeness (QED) is 0.324. The second-order valence-electron chi connectivity index (χ2n) is 9.53. The molecule has 2 aromatic carbocycles. The Kier molecular flexibility index (Phi) is 8.78. The number of amides is 3. The molecule has 1 aromatic heterocycles. The number of nitrogens with one attached hydrogen (secondary N) is 3. The standard InChI is InChI=1S/C26H33FN8O2/c1-34(17-19-7-9-22(27)10-8-19)12-4-3-11-28-26(37)30-23-14-20(24-31-32-33-35(24)2)13-21(15-23)25(36)29-16-18-5-6-18/h7-10,13-15,18H,3-6,11-12,16-17H2,1-2H3,(H,29,36)(H2,28,30,37). The van der Waals surface area contributed by atoms with E-state index in [-0.39, 0.29) is 17.8 Å². The van der Waals surface area contributed by atoms with Crippen molar-refractivity contribution in [3.63, 3.8) is 0 Å². The van der Waals surface area contributed by atoms with Crippen LogP contribution in [-0.4, -0.2) is 63.7 Å². The fourth-order valence-corrected chi connectivity index (χ4v) is 3.96. The summed E-state index contributed by atoms with van der Waals surface area (Å²) in [6, 6.07) is 11.3. The summed E-state index contributed by atoms with van der Waals surface area (Å²) in [7, 11) is 3.73. The van der Waals surface area contributed by atoms with Crippen molar-refractivity contribution in [1.29, 1.82) is 0 Å². The molecule has 1 saturated carbocycles.